The molecule has 0 saturated carbocycles. The van der Waals surface area contributed by atoms with Crippen molar-refractivity contribution in [2.24, 2.45) is 0 Å². The van der Waals surface area contributed by atoms with Crippen LogP contribution in [0.15, 0.2) is 168 Å². The number of aromatic nitrogens is 4. The van der Waals surface area contributed by atoms with Gasteiger partial charge in [0.25, 0.3) is 0 Å². The van der Waals surface area contributed by atoms with Crippen molar-refractivity contribution in [3.8, 4) is 62.1 Å². The molecule has 0 fully saturated rings. The van der Waals surface area contributed by atoms with Gasteiger partial charge in [0.1, 0.15) is 50.4 Å². The molecule has 0 aliphatic carbocycles. The van der Waals surface area contributed by atoms with Crippen LogP contribution in [0.4, 0.5) is 0 Å². The predicted molar refractivity (Wildman–Crippen MR) is 256 cm³/mol. The summed E-state index contributed by atoms with van der Waals surface area (Å²) in [6, 6.07) is 55.4. The van der Waals surface area contributed by atoms with Gasteiger partial charge < -0.3 is 8.98 Å². The molecule has 0 aliphatic rings. The lowest BCUT2D eigenvalue weighted by molar-refractivity contribution is 0.669. The summed E-state index contributed by atoms with van der Waals surface area (Å²) in [6.45, 7) is 0. The van der Waals surface area contributed by atoms with Gasteiger partial charge in [-0.05, 0) is 70.8 Å². The maximum absolute atomic E-state index is 6.61. The van der Waals surface area contributed by atoms with E-state index in [1.54, 1.807) is 0 Å². The van der Waals surface area contributed by atoms with Gasteiger partial charge >= 0.3 is 0 Å². The first-order valence-corrected chi connectivity index (χ1v) is 19.8. The molecular formula is C51H27B5N4O. The van der Waals surface area contributed by atoms with Gasteiger partial charge in [0, 0.05) is 43.9 Å². The Bertz CT molecular complexity index is 3520. The average Bonchev–Trinajstić information content (AvgIpc) is 3.87. The lowest BCUT2D eigenvalue weighted by Crippen LogP contribution is -2.55. The summed E-state index contributed by atoms with van der Waals surface area (Å²) >= 11 is 0. The largest absolute Gasteiger partial charge is 0.456 e. The topological polar surface area (TPSA) is 56.7 Å². The number of furan rings is 1. The van der Waals surface area contributed by atoms with E-state index in [-0.39, 0.29) is 27.3 Å². The number of rotatable bonds is 6. The number of hydrogen-bond donors (Lipinski definition) is 0. The van der Waals surface area contributed by atoms with E-state index < -0.39 is 0 Å². The van der Waals surface area contributed by atoms with Gasteiger partial charge in [-0.3, -0.25) is 0 Å². The normalized spacial score (nSPS) is 11.6. The third-order valence-corrected chi connectivity index (χ3v) is 11.5. The molecule has 11 rings (SSSR count). The lowest BCUT2D eigenvalue weighted by Gasteiger charge is -2.21. The summed E-state index contributed by atoms with van der Waals surface area (Å²) in [5.41, 5.74) is 11.5. The molecule has 0 saturated heterocycles. The summed E-state index contributed by atoms with van der Waals surface area (Å²) < 4.78 is 8.94. The maximum atomic E-state index is 6.61. The molecule has 0 bridgehead atoms. The van der Waals surface area contributed by atoms with Crippen molar-refractivity contribution in [3.63, 3.8) is 0 Å². The Morgan fingerprint density at radius 3 is 1.66 bits per heavy atom. The molecule has 5 nitrogen and oxygen atoms in total. The van der Waals surface area contributed by atoms with Gasteiger partial charge in [-0.2, -0.15) is 0 Å². The first kappa shape index (κ1) is 36.8. The first-order chi connectivity index (χ1) is 29.8. The summed E-state index contributed by atoms with van der Waals surface area (Å²) in [6.07, 6.45) is 0. The van der Waals surface area contributed by atoms with Crippen LogP contribution in [0, 0.1) is 0 Å². The molecule has 0 N–H and O–H groups in total. The minimum absolute atomic E-state index is 0.157. The van der Waals surface area contributed by atoms with E-state index >= 15 is 0 Å². The number of para-hydroxylation sites is 2. The molecular weight excluding hydrogens is 739 g/mol. The first-order valence-electron chi connectivity index (χ1n) is 19.8. The molecule has 3 heterocycles. The van der Waals surface area contributed by atoms with E-state index in [9.17, 15) is 0 Å². The van der Waals surface area contributed by atoms with Crippen molar-refractivity contribution in [3.05, 3.63) is 164 Å². The van der Waals surface area contributed by atoms with Crippen molar-refractivity contribution in [2.45, 2.75) is 0 Å². The van der Waals surface area contributed by atoms with Gasteiger partial charge in [-0.15, -0.1) is 16.4 Å². The third-order valence-electron chi connectivity index (χ3n) is 11.5. The summed E-state index contributed by atoms with van der Waals surface area (Å²) in [4.78, 5) is 15.3. The van der Waals surface area contributed by atoms with E-state index in [0.717, 1.165) is 66.3 Å². The van der Waals surface area contributed by atoms with Gasteiger partial charge in [-0.25, -0.2) is 15.0 Å². The second-order valence-electron chi connectivity index (χ2n) is 15.1. The fourth-order valence-electron chi connectivity index (χ4n) is 8.61. The van der Waals surface area contributed by atoms with Gasteiger partial charge in [0.2, 0.25) is 0 Å². The van der Waals surface area contributed by atoms with Crippen molar-refractivity contribution < 1.29 is 4.42 Å². The van der Waals surface area contributed by atoms with Crippen LogP contribution < -0.4 is 27.3 Å². The minimum atomic E-state index is 0.157. The highest BCUT2D eigenvalue weighted by atomic mass is 16.3. The van der Waals surface area contributed by atoms with Crippen molar-refractivity contribution >= 4 is 110 Å². The fourth-order valence-corrected chi connectivity index (χ4v) is 8.61. The summed E-state index contributed by atoms with van der Waals surface area (Å²) in [5.74, 6) is 1.44. The fraction of sp³-hybridized carbons (Fsp3) is 0. The van der Waals surface area contributed by atoms with Crippen molar-refractivity contribution in [1.29, 1.82) is 0 Å². The van der Waals surface area contributed by atoms with E-state index in [2.05, 4.69) is 77.4 Å². The highest BCUT2D eigenvalue weighted by Gasteiger charge is 2.22. The molecule has 8 aromatic carbocycles. The van der Waals surface area contributed by atoms with E-state index in [1.165, 1.54) is 5.39 Å². The average molecular weight is 766 g/mol. The molecule has 61 heavy (non-hydrogen) atoms. The smallest absolute Gasteiger partial charge is 0.164 e. The monoisotopic (exact) mass is 766 g/mol. The Kier molecular flexibility index (Phi) is 8.71. The molecule has 272 valence electrons. The van der Waals surface area contributed by atoms with Crippen molar-refractivity contribution in [1.82, 2.24) is 19.5 Å². The Morgan fingerprint density at radius 2 is 0.918 bits per heavy atom. The quantitative estimate of drug-likeness (QED) is 0.169. The predicted octanol–water partition coefficient (Wildman–Crippen LogP) is 7.17. The zero-order chi connectivity index (χ0) is 41.4. The highest BCUT2D eigenvalue weighted by molar-refractivity contribution is 6.68. The molecule has 10 radical (unpaired) electrons. The maximum Gasteiger partial charge on any atom is 0.164 e. The lowest BCUT2D eigenvalue weighted by atomic mass is 9.59. The number of fused-ring (bicyclic) bond motifs is 6. The van der Waals surface area contributed by atoms with Crippen LogP contribution in [0.25, 0.3) is 106 Å². The molecule has 10 heteroatoms. The van der Waals surface area contributed by atoms with Crippen LogP contribution in [0.5, 0.6) is 0 Å². The summed E-state index contributed by atoms with van der Waals surface area (Å²) in [5, 5.41) is 4.20. The SMILES string of the molecule is [B]c1c([B])c([B])c(-c2cccc(-c3nc(-c4ccccc4)nc(-c4cccc5oc6cccc(-c7ccc8c(c7)c7ccccc7n8-c7ccccc7)c6c45)n3)c2)c([B])c1[B]. The molecule has 3 aromatic heterocycles. The zero-order valence-corrected chi connectivity index (χ0v) is 32.7. The van der Waals surface area contributed by atoms with E-state index in [1.807, 2.05) is 91.0 Å². The standard InChI is InChI=1S/C51H27B5N4O/c52-44-41(45(53)47(55)48(56)46(44)54)30-14-9-15-31(26-30)50-57-49(28-12-3-1-4-13-28)58-51(59-50)35-20-11-23-40-43(35)42-33(19-10-22-39(42)61-40)29-24-25-38-36(27-29)34-18-7-8-21-37(34)60(38)32-16-5-2-6-17-32/h1-27H. The molecule has 11 aromatic rings. The van der Waals surface area contributed by atoms with Crippen LogP contribution in [-0.4, -0.2) is 58.8 Å². The number of hydrogen-bond acceptors (Lipinski definition) is 4. The molecule has 0 spiro atoms. The number of benzene rings is 8. The van der Waals surface area contributed by atoms with Crippen molar-refractivity contribution in [2.75, 3.05) is 0 Å². The van der Waals surface area contributed by atoms with Crippen LogP contribution in [-0.2, 0) is 0 Å². The summed E-state index contributed by atoms with van der Waals surface area (Å²) in [7, 11) is 31.7. The molecule has 0 aliphatic heterocycles. The van der Waals surface area contributed by atoms with Gasteiger partial charge in [-0.1, -0.05) is 126 Å². The second kappa shape index (κ2) is 14.5. The number of nitrogens with zero attached hydrogens (tertiary/aromatic N) is 4. The zero-order valence-electron chi connectivity index (χ0n) is 32.7. The van der Waals surface area contributed by atoms with Crippen LogP contribution in [0.1, 0.15) is 0 Å². The van der Waals surface area contributed by atoms with E-state index in [0.29, 0.717) is 34.2 Å². The second-order valence-corrected chi connectivity index (χ2v) is 15.1. The Morgan fingerprint density at radius 1 is 0.377 bits per heavy atom. The Labute approximate surface area is 358 Å². The van der Waals surface area contributed by atoms with Gasteiger partial charge in [0.15, 0.2) is 17.5 Å². The Hall–Kier alpha value is -7.31. The van der Waals surface area contributed by atoms with Crippen LogP contribution >= 0.6 is 0 Å². The Balaban J connectivity index is 1.12. The van der Waals surface area contributed by atoms with Crippen LogP contribution in [0.2, 0.25) is 0 Å². The van der Waals surface area contributed by atoms with Crippen LogP contribution in [0.3, 0.4) is 0 Å². The third kappa shape index (κ3) is 5.96. The van der Waals surface area contributed by atoms with Gasteiger partial charge in [0.05, 0.1) is 11.0 Å². The molecule has 0 amide bonds. The molecule has 0 atom stereocenters. The minimum Gasteiger partial charge on any atom is -0.456 e. The van der Waals surface area contributed by atoms with E-state index in [4.69, 9.17) is 58.6 Å². The molecule has 0 unspecified atom stereocenters. The highest BCUT2D eigenvalue weighted by Crippen LogP contribution is 2.43.